The van der Waals surface area contributed by atoms with Crippen LogP contribution in [0.4, 0.5) is 28.8 Å². The van der Waals surface area contributed by atoms with Crippen LogP contribution < -0.4 is 19.7 Å². The zero-order valence-corrected chi connectivity index (χ0v) is 18.0. The third-order valence-corrected chi connectivity index (χ3v) is 4.49. The molecule has 0 atom stereocenters. The highest BCUT2D eigenvalue weighted by atomic mass is 16.6. The molecule has 0 aliphatic carbocycles. The molecule has 0 aliphatic rings. The van der Waals surface area contributed by atoms with E-state index in [0.29, 0.717) is 24.8 Å². The average Bonchev–Trinajstić information content (AvgIpc) is 2.75. The molecule has 0 fully saturated rings. The summed E-state index contributed by atoms with van der Waals surface area (Å²) in [6, 6.07) is 14.6. The Morgan fingerprint density at radius 2 is 1.52 bits per heavy atom. The van der Waals surface area contributed by atoms with Crippen molar-refractivity contribution in [2.24, 2.45) is 0 Å². The van der Waals surface area contributed by atoms with Gasteiger partial charge in [0, 0.05) is 18.4 Å². The summed E-state index contributed by atoms with van der Waals surface area (Å²) in [6.45, 7) is 6.57. The molecule has 0 saturated heterocycles. The molecular weight excluding hydrogens is 398 g/mol. The van der Waals surface area contributed by atoms with Gasteiger partial charge in [-0.25, -0.2) is 4.98 Å². The van der Waals surface area contributed by atoms with Gasteiger partial charge in [0.15, 0.2) is 0 Å². The Bertz CT molecular complexity index is 1040. The number of hydrogen-bond donors (Lipinski definition) is 1. The van der Waals surface area contributed by atoms with E-state index in [1.165, 1.54) is 0 Å². The monoisotopic (exact) mass is 423 g/mol. The predicted molar refractivity (Wildman–Crippen MR) is 120 cm³/mol. The number of nitrogens with one attached hydrogen (secondary N) is 1. The third-order valence-electron chi connectivity index (χ3n) is 4.49. The van der Waals surface area contributed by atoms with Gasteiger partial charge in [-0.1, -0.05) is 0 Å². The maximum Gasteiger partial charge on any atom is 0.332 e. The highest BCUT2D eigenvalue weighted by molar-refractivity contribution is 5.70. The Morgan fingerprint density at radius 3 is 2.03 bits per heavy atom. The lowest BCUT2D eigenvalue weighted by molar-refractivity contribution is -0.385. The fourth-order valence-corrected chi connectivity index (χ4v) is 2.99. The Hall–Kier alpha value is -3.88. The molecule has 3 rings (SSSR count). The number of anilines is 4. The molecule has 0 bridgehead atoms. The number of hydrogen-bond acceptors (Lipinski definition) is 8. The van der Waals surface area contributed by atoms with E-state index < -0.39 is 4.92 Å². The number of nitrogens with zero attached hydrogens (tertiary/aromatic N) is 4. The Labute approximate surface area is 180 Å². The summed E-state index contributed by atoms with van der Waals surface area (Å²) in [4.78, 5) is 21.7. The number of benzene rings is 2. The fourth-order valence-electron chi connectivity index (χ4n) is 2.99. The summed E-state index contributed by atoms with van der Waals surface area (Å²) in [7, 11) is 1.80. The molecule has 0 aliphatic heterocycles. The quantitative estimate of drug-likeness (QED) is 0.379. The molecule has 1 N–H and O–H groups in total. The lowest BCUT2D eigenvalue weighted by atomic mass is 10.2. The summed E-state index contributed by atoms with van der Waals surface area (Å²) in [5, 5.41) is 14.7. The van der Waals surface area contributed by atoms with E-state index in [-0.39, 0.29) is 17.2 Å². The highest BCUT2D eigenvalue weighted by Crippen LogP contribution is 2.32. The minimum atomic E-state index is -0.479. The van der Waals surface area contributed by atoms with Gasteiger partial charge in [0.1, 0.15) is 17.2 Å². The van der Waals surface area contributed by atoms with Crippen LogP contribution in [-0.2, 0) is 0 Å². The summed E-state index contributed by atoms with van der Waals surface area (Å²) in [6.07, 6.45) is 0. The molecule has 0 amide bonds. The van der Waals surface area contributed by atoms with Crippen molar-refractivity contribution < 1.29 is 14.4 Å². The van der Waals surface area contributed by atoms with Gasteiger partial charge in [-0.15, -0.1) is 0 Å². The minimum absolute atomic E-state index is 0.120. The van der Waals surface area contributed by atoms with Crippen LogP contribution in [0.25, 0.3) is 0 Å². The van der Waals surface area contributed by atoms with E-state index in [2.05, 4.69) is 15.3 Å². The van der Waals surface area contributed by atoms with Crippen LogP contribution in [-0.4, -0.2) is 35.2 Å². The SMILES string of the molecule is CCOc1ccc(Nc2nc(N(C)c3ccc(OCC)cc3)nc(C)c2[N+](=O)[O-])cc1. The predicted octanol–water partition coefficient (Wildman–Crippen LogP) is 5.00. The van der Waals surface area contributed by atoms with Crippen molar-refractivity contribution in [3.05, 3.63) is 64.3 Å². The van der Waals surface area contributed by atoms with E-state index in [9.17, 15) is 10.1 Å². The molecule has 9 heteroatoms. The number of nitro groups is 1. The number of rotatable bonds is 9. The van der Waals surface area contributed by atoms with Gasteiger partial charge in [0.2, 0.25) is 11.8 Å². The van der Waals surface area contributed by atoms with Gasteiger partial charge in [0.25, 0.3) is 0 Å². The van der Waals surface area contributed by atoms with Crippen molar-refractivity contribution in [3.63, 3.8) is 0 Å². The molecule has 31 heavy (non-hydrogen) atoms. The van der Waals surface area contributed by atoms with Crippen LogP contribution >= 0.6 is 0 Å². The molecule has 162 valence electrons. The fraction of sp³-hybridized carbons (Fsp3) is 0.273. The molecule has 1 heterocycles. The molecule has 3 aromatic rings. The molecule has 0 saturated carbocycles. The van der Waals surface area contributed by atoms with Crippen molar-refractivity contribution in [3.8, 4) is 11.5 Å². The van der Waals surface area contributed by atoms with Gasteiger partial charge in [0.05, 0.1) is 18.1 Å². The van der Waals surface area contributed by atoms with Crippen molar-refractivity contribution in [2.75, 3.05) is 30.5 Å². The molecule has 0 radical (unpaired) electrons. The van der Waals surface area contributed by atoms with Crippen LogP contribution in [0.5, 0.6) is 11.5 Å². The standard InChI is InChI=1S/C22H25N5O4/c1-5-30-18-11-7-16(8-12-18)24-21-20(27(28)29)15(3)23-22(25-21)26(4)17-9-13-19(14-10-17)31-6-2/h7-14H,5-6H2,1-4H3,(H,23,24,25). The first-order valence-electron chi connectivity index (χ1n) is 9.92. The van der Waals surface area contributed by atoms with Crippen LogP contribution in [0.2, 0.25) is 0 Å². The Kier molecular flexibility index (Phi) is 6.86. The smallest absolute Gasteiger partial charge is 0.332 e. The second kappa shape index (κ2) is 9.75. The van der Waals surface area contributed by atoms with Gasteiger partial charge < -0.3 is 19.7 Å². The van der Waals surface area contributed by atoms with Gasteiger partial charge in [-0.3, -0.25) is 10.1 Å². The summed E-state index contributed by atoms with van der Waals surface area (Å²) < 4.78 is 10.9. The molecule has 2 aromatic carbocycles. The van der Waals surface area contributed by atoms with E-state index in [0.717, 1.165) is 17.2 Å². The highest BCUT2D eigenvalue weighted by Gasteiger charge is 2.24. The van der Waals surface area contributed by atoms with E-state index in [1.54, 1.807) is 43.1 Å². The molecule has 1 aromatic heterocycles. The van der Waals surface area contributed by atoms with Gasteiger partial charge >= 0.3 is 5.69 Å². The van der Waals surface area contributed by atoms with Crippen molar-refractivity contribution in [1.29, 1.82) is 0 Å². The third kappa shape index (κ3) is 5.19. The number of ether oxygens (including phenoxy) is 2. The van der Waals surface area contributed by atoms with Gasteiger partial charge in [-0.05, 0) is 69.3 Å². The van der Waals surface area contributed by atoms with E-state index in [1.807, 2.05) is 38.1 Å². The molecule has 0 unspecified atom stereocenters. The van der Waals surface area contributed by atoms with Crippen LogP contribution in [0, 0.1) is 17.0 Å². The minimum Gasteiger partial charge on any atom is -0.494 e. The maximum atomic E-state index is 11.7. The molecule has 0 spiro atoms. The Morgan fingerprint density at radius 1 is 0.968 bits per heavy atom. The first-order valence-corrected chi connectivity index (χ1v) is 9.92. The molecule has 9 nitrogen and oxygen atoms in total. The zero-order valence-electron chi connectivity index (χ0n) is 18.0. The van der Waals surface area contributed by atoms with E-state index in [4.69, 9.17) is 9.47 Å². The normalized spacial score (nSPS) is 10.5. The second-order valence-electron chi connectivity index (χ2n) is 6.63. The van der Waals surface area contributed by atoms with Crippen LogP contribution in [0.15, 0.2) is 48.5 Å². The Balaban J connectivity index is 1.93. The number of aromatic nitrogens is 2. The van der Waals surface area contributed by atoms with Crippen molar-refractivity contribution >= 4 is 28.8 Å². The van der Waals surface area contributed by atoms with Crippen LogP contribution in [0.1, 0.15) is 19.5 Å². The van der Waals surface area contributed by atoms with E-state index >= 15 is 0 Å². The summed E-state index contributed by atoms with van der Waals surface area (Å²) in [5.41, 5.74) is 1.57. The first kappa shape index (κ1) is 21.8. The van der Waals surface area contributed by atoms with Crippen LogP contribution in [0.3, 0.4) is 0 Å². The topological polar surface area (TPSA) is 103 Å². The summed E-state index contributed by atoms with van der Waals surface area (Å²) in [5.74, 6) is 1.94. The van der Waals surface area contributed by atoms with Gasteiger partial charge in [-0.2, -0.15) is 4.98 Å². The zero-order chi connectivity index (χ0) is 22.4. The summed E-state index contributed by atoms with van der Waals surface area (Å²) >= 11 is 0. The van der Waals surface area contributed by atoms with Crippen molar-refractivity contribution in [1.82, 2.24) is 9.97 Å². The number of aryl methyl sites for hydroxylation is 1. The first-order chi connectivity index (χ1) is 14.9. The molecular formula is C22H25N5O4. The lowest BCUT2D eigenvalue weighted by Crippen LogP contribution is -2.15. The lowest BCUT2D eigenvalue weighted by Gasteiger charge is -2.19. The van der Waals surface area contributed by atoms with Crippen molar-refractivity contribution in [2.45, 2.75) is 20.8 Å². The maximum absolute atomic E-state index is 11.7. The average molecular weight is 423 g/mol. The second-order valence-corrected chi connectivity index (χ2v) is 6.63. The largest absolute Gasteiger partial charge is 0.494 e.